The average molecular weight is 464 g/mol. The summed E-state index contributed by atoms with van der Waals surface area (Å²) < 4.78 is 6.00. The van der Waals surface area contributed by atoms with Crippen LogP contribution in [0.1, 0.15) is 19.4 Å². The Morgan fingerprint density at radius 1 is 1.12 bits per heavy atom. The zero-order valence-corrected chi connectivity index (χ0v) is 19.9. The van der Waals surface area contributed by atoms with Gasteiger partial charge in [-0.25, -0.2) is 0 Å². The van der Waals surface area contributed by atoms with Crippen molar-refractivity contribution in [2.24, 2.45) is 0 Å². The summed E-state index contributed by atoms with van der Waals surface area (Å²) in [5.74, 6) is 0.865. The number of carbonyl (C=O) groups excluding carboxylic acids is 1. The van der Waals surface area contributed by atoms with Crippen LogP contribution in [-0.4, -0.2) is 62.3 Å². The molecule has 3 aliphatic heterocycles. The fourth-order valence-corrected chi connectivity index (χ4v) is 4.85. The number of nitrogens with zero attached hydrogens (tertiary/aromatic N) is 3. The van der Waals surface area contributed by atoms with E-state index in [1.165, 1.54) is 0 Å². The predicted molar refractivity (Wildman–Crippen MR) is 134 cm³/mol. The fraction of sp³-hybridized carbons (Fsp3) is 0.423. The van der Waals surface area contributed by atoms with Gasteiger partial charge in [-0.15, -0.1) is 0 Å². The molecule has 8 heteroatoms. The number of nitrogens with two attached hydrogens (primary N) is 1. The van der Waals surface area contributed by atoms with Gasteiger partial charge in [-0.3, -0.25) is 20.0 Å². The van der Waals surface area contributed by atoms with Gasteiger partial charge < -0.3 is 20.3 Å². The van der Waals surface area contributed by atoms with Gasteiger partial charge in [0.25, 0.3) is 5.91 Å². The summed E-state index contributed by atoms with van der Waals surface area (Å²) in [5, 5.41) is 0. The molecule has 180 valence electrons. The van der Waals surface area contributed by atoms with Gasteiger partial charge in [0.1, 0.15) is 17.6 Å². The summed E-state index contributed by atoms with van der Waals surface area (Å²) in [6.45, 7) is 9.18. The number of amides is 1. The van der Waals surface area contributed by atoms with Gasteiger partial charge in [0.05, 0.1) is 11.8 Å². The topological polar surface area (TPSA) is 83.3 Å². The highest BCUT2D eigenvalue weighted by molar-refractivity contribution is 6.06. The van der Waals surface area contributed by atoms with Crippen molar-refractivity contribution in [3.63, 3.8) is 0 Å². The molecule has 0 aromatic heterocycles. The maximum absolute atomic E-state index is 13.1. The maximum Gasteiger partial charge on any atom is 0.276 e. The monoisotopic (exact) mass is 463 g/mol. The van der Waals surface area contributed by atoms with Crippen molar-refractivity contribution in [3.8, 4) is 5.75 Å². The Labute approximate surface area is 200 Å². The van der Waals surface area contributed by atoms with Crippen molar-refractivity contribution >= 4 is 23.0 Å². The summed E-state index contributed by atoms with van der Waals surface area (Å²) >= 11 is 0. The third-order valence-corrected chi connectivity index (χ3v) is 6.53. The summed E-state index contributed by atoms with van der Waals surface area (Å²) in [4.78, 5) is 25.4. The number of carbonyl (C=O) groups is 1. The highest BCUT2D eigenvalue weighted by Gasteiger charge is 2.31. The SMILES string of the molecule is CC(C)Oc1ccccc1N1CCN(CC2C=C(C(=O)N3CCc4ccc(N)cc43)NO2)CC1. The van der Waals surface area contributed by atoms with Gasteiger partial charge in [0.15, 0.2) is 0 Å². The van der Waals surface area contributed by atoms with Crippen LogP contribution in [0.25, 0.3) is 0 Å². The standard InChI is InChI=1S/C26H33N5O3/c1-18(2)33-25-6-4-3-5-23(25)30-13-11-29(12-14-30)17-21-16-22(28-34-21)26(32)31-10-9-19-7-8-20(27)15-24(19)31/h3-8,15-16,18,21,28H,9-14,17,27H2,1-2H3. The van der Waals surface area contributed by atoms with E-state index in [4.69, 9.17) is 15.3 Å². The van der Waals surface area contributed by atoms with Crippen molar-refractivity contribution in [1.29, 1.82) is 0 Å². The largest absolute Gasteiger partial charge is 0.489 e. The van der Waals surface area contributed by atoms with Gasteiger partial charge in [-0.1, -0.05) is 18.2 Å². The second-order valence-electron chi connectivity index (χ2n) is 9.36. The average Bonchev–Trinajstić information content (AvgIpc) is 3.46. The molecule has 8 nitrogen and oxygen atoms in total. The van der Waals surface area contributed by atoms with E-state index >= 15 is 0 Å². The smallest absolute Gasteiger partial charge is 0.276 e. The number of anilines is 3. The van der Waals surface area contributed by atoms with E-state index in [1.54, 1.807) is 4.90 Å². The third kappa shape index (κ3) is 4.69. The number of benzene rings is 2. The Balaban J connectivity index is 1.17. The molecule has 3 N–H and O–H groups in total. The molecule has 1 unspecified atom stereocenters. The Morgan fingerprint density at radius 3 is 2.71 bits per heavy atom. The number of fused-ring (bicyclic) bond motifs is 1. The van der Waals surface area contributed by atoms with E-state index in [0.29, 0.717) is 17.9 Å². The molecule has 3 heterocycles. The number of rotatable bonds is 6. The zero-order valence-electron chi connectivity index (χ0n) is 19.9. The van der Waals surface area contributed by atoms with Crippen LogP contribution >= 0.6 is 0 Å². The molecule has 0 saturated carbocycles. The lowest BCUT2D eigenvalue weighted by Crippen LogP contribution is -2.48. The molecular weight excluding hydrogens is 430 g/mol. The van der Waals surface area contributed by atoms with Crippen LogP contribution in [-0.2, 0) is 16.1 Å². The molecule has 34 heavy (non-hydrogen) atoms. The summed E-state index contributed by atoms with van der Waals surface area (Å²) in [6, 6.07) is 14.0. The van der Waals surface area contributed by atoms with Crippen LogP contribution in [0.3, 0.4) is 0 Å². The number of nitrogens with one attached hydrogen (secondary N) is 1. The van der Waals surface area contributed by atoms with Gasteiger partial charge >= 0.3 is 0 Å². The van der Waals surface area contributed by atoms with Crippen LogP contribution in [0.2, 0.25) is 0 Å². The zero-order chi connectivity index (χ0) is 23.7. The van der Waals surface area contributed by atoms with Crippen LogP contribution in [0.15, 0.2) is 54.2 Å². The molecule has 1 fully saturated rings. The molecule has 1 amide bonds. The Kier molecular flexibility index (Phi) is 6.34. The van der Waals surface area contributed by atoms with Crippen molar-refractivity contribution in [1.82, 2.24) is 10.4 Å². The first-order chi connectivity index (χ1) is 16.5. The molecule has 0 bridgehead atoms. The molecule has 1 atom stereocenters. The highest BCUT2D eigenvalue weighted by atomic mass is 16.7. The second-order valence-corrected chi connectivity index (χ2v) is 9.36. The van der Waals surface area contributed by atoms with Crippen LogP contribution in [0.5, 0.6) is 5.75 Å². The van der Waals surface area contributed by atoms with E-state index < -0.39 is 0 Å². The van der Waals surface area contributed by atoms with Crippen LogP contribution in [0, 0.1) is 0 Å². The first-order valence-corrected chi connectivity index (χ1v) is 12.0. The lowest BCUT2D eigenvalue weighted by molar-refractivity contribution is -0.116. The van der Waals surface area contributed by atoms with Gasteiger partial charge in [-0.2, -0.15) is 0 Å². The molecule has 2 aromatic rings. The third-order valence-electron chi connectivity index (χ3n) is 6.53. The highest BCUT2D eigenvalue weighted by Crippen LogP contribution is 2.32. The number of nitrogen functional groups attached to an aromatic ring is 1. The Bertz CT molecular complexity index is 1080. The van der Waals surface area contributed by atoms with Crippen molar-refractivity contribution < 1.29 is 14.4 Å². The predicted octanol–water partition coefficient (Wildman–Crippen LogP) is 2.55. The molecule has 0 spiro atoms. The Hall–Kier alpha value is -3.23. The quantitative estimate of drug-likeness (QED) is 0.637. The van der Waals surface area contributed by atoms with Crippen molar-refractivity contribution in [2.45, 2.75) is 32.5 Å². The first kappa shape index (κ1) is 22.6. The van der Waals surface area contributed by atoms with Crippen LogP contribution in [0.4, 0.5) is 17.1 Å². The summed E-state index contributed by atoms with van der Waals surface area (Å²) in [6.07, 6.45) is 2.73. The maximum atomic E-state index is 13.1. The molecule has 1 saturated heterocycles. The van der Waals surface area contributed by atoms with Crippen molar-refractivity contribution in [3.05, 3.63) is 59.8 Å². The first-order valence-electron chi connectivity index (χ1n) is 12.0. The minimum atomic E-state index is -0.162. The number of piperazine rings is 1. The molecule has 5 rings (SSSR count). The minimum Gasteiger partial charge on any atom is -0.489 e. The number of para-hydroxylation sites is 2. The van der Waals surface area contributed by atoms with Gasteiger partial charge in [0, 0.05) is 50.6 Å². The molecule has 0 radical (unpaired) electrons. The number of hydroxylamine groups is 1. The summed E-state index contributed by atoms with van der Waals surface area (Å²) in [7, 11) is 0. The van der Waals surface area contributed by atoms with E-state index in [9.17, 15) is 4.79 Å². The second kappa shape index (κ2) is 9.56. The fourth-order valence-electron chi connectivity index (χ4n) is 4.85. The van der Waals surface area contributed by atoms with E-state index in [2.05, 4.69) is 41.3 Å². The lowest BCUT2D eigenvalue weighted by Gasteiger charge is -2.37. The number of hydrogen-bond acceptors (Lipinski definition) is 7. The summed E-state index contributed by atoms with van der Waals surface area (Å²) in [5.41, 5.74) is 13.2. The minimum absolute atomic E-state index is 0.0709. The molecule has 0 aliphatic carbocycles. The van der Waals surface area contributed by atoms with E-state index in [0.717, 1.165) is 61.8 Å². The van der Waals surface area contributed by atoms with Crippen molar-refractivity contribution in [2.75, 3.05) is 54.8 Å². The normalized spacial score (nSPS) is 20.3. The van der Waals surface area contributed by atoms with E-state index in [1.807, 2.05) is 36.4 Å². The number of hydrogen-bond donors (Lipinski definition) is 2. The van der Waals surface area contributed by atoms with Crippen LogP contribution < -0.4 is 25.8 Å². The molecule has 2 aromatic carbocycles. The van der Waals surface area contributed by atoms with Gasteiger partial charge in [-0.05, 0) is 56.2 Å². The molecular formula is C26H33N5O3. The number of ether oxygens (including phenoxy) is 1. The van der Waals surface area contributed by atoms with Gasteiger partial charge in [0.2, 0.25) is 0 Å². The van der Waals surface area contributed by atoms with E-state index in [-0.39, 0.29) is 18.1 Å². The Morgan fingerprint density at radius 2 is 1.91 bits per heavy atom. The lowest BCUT2D eigenvalue weighted by atomic mass is 10.1. The molecule has 3 aliphatic rings.